The maximum absolute atomic E-state index is 3.72. The molecule has 1 heteroatoms. The first-order chi connectivity index (χ1) is 8.20. The lowest BCUT2D eigenvalue weighted by atomic mass is 9.75. The fourth-order valence-electron chi connectivity index (χ4n) is 2.61. The predicted octanol–water partition coefficient (Wildman–Crippen LogP) is 3.80. The molecule has 1 aliphatic carbocycles. The van der Waals surface area contributed by atoms with Crippen molar-refractivity contribution in [1.82, 2.24) is 5.32 Å². The topological polar surface area (TPSA) is 12.0 Å². The van der Waals surface area contributed by atoms with Gasteiger partial charge in [-0.1, -0.05) is 43.7 Å². The van der Waals surface area contributed by atoms with Crippen LogP contribution in [0.2, 0.25) is 0 Å². The Labute approximate surface area is 106 Å². The number of aryl methyl sites for hydroxylation is 1. The maximum Gasteiger partial charge on any atom is 0.00727 e. The predicted molar refractivity (Wildman–Crippen MR) is 74.5 cm³/mol. The van der Waals surface area contributed by atoms with Gasteiger partial charge < -0.3 is 5.32 Å². The highest BCUT2D eigenvalue weighted by Gasteiger charge is 2.31. The van der Waals surface area contributed by atoms with Gasteiger partial charge in [-0.2, -0.15) is 0 Å². The van der Waals surface area contributed by atoms with E-state index in [-0.39, 0.29) is 0 Å². The molecule has 0 unspecified atom stereocenters. The van der Waals surface area contributed by atoms with E-state index >= 15 is 0 Å². The molecule has 2 rings (SSSR count). The molecule has 0 heterocycles. The largest absolute Gasteiger partial charge is 0.313 e. The lowest BCUT2D eigenvalue weighted by Crippen LogP contribution is -2.38. The van der Waals surface area contributed by atoms with Gasteiger partial charge in [0.05, 0.1) is 0 Å². The molecule has 1 saturated carbocycles. The smallest absolute Gasteiger partial charge is 0.00727 e. The van der Waals surface area contributed by atoms with Crippen LogP contribution in [0.4, 0.5) is 0 Å². The first-order valence-electron chi connectivity index (χ1n) is 7.00. The van der Waals surface area contributed by atoms with Crippen LogP contribution in [-0.2, 0) is 5.41 Å². The third kappa shape index (κ3) is 2.90. The summed E-state index contributed by atoms with van der Waals surface area (Å²) in [5.74, 6) is 0. The zero-order chi connectivity index (χ0) is 12.3. The normalized spacial score (nSPS) is 16.2. The summed E-state index contributed by atoms with van der Waals surface area (Å²) in [7, 11) is 0. The molecule has 1 aromatic carbocycles. The average molecular weight is 231 g/mol. The van der Waals surface area contributed by atoms with E-state index in [1.165, 1.54) is 36.8 Å². The molecule has 1 aromatic rings. The molecule has 0 bridgehead atoms. The van der Waals surface area contributed by atoms with Crippen molar-refractivity contribution in [3.63, 3.8) is 0 Å². The number of nitrogens with one attached hydrogen (secondary N) is 1. The molecule has 0 spiro atoms. The van der Waals surface area contributed by atoms with Crippen molar-refractivity contribution in [3.05, 3.63) is 35.4 Å². The van der Waals surface area contributed by atoms with E-state index in [2.05, 4.69) is 50.4 Å². The van der Waals surface area contributed by atoms with Gasteiger partial charge in [0.15, 0.2) is 0 Å². The van der Waals surface area contributed by atoms with E-state index in [9.17, 15) is 0 Å². The Kier molecular flexibility index (Phi) is 3.88. The van der Waals surface area contributed by atoms with Gasteiger partial charge in [-0.15, -0.1) is 0 Å². The van der Waals surface area contributed by atoms with Crippen LogP contribution in [0.5, 0.6) is 0 Å². The molecular formula is C16H25N. The summed E-state index contributed by atoms with van der Waals surface area (Å²) >= 11 is 0. The second-order valence-electron chi connectivity index (χ2n) is 5.51. The van der Waals surface area contributed by atoms with Crippen molar-refractivity contribution in [1.29, 1.82) is 0 Å². The van der Waals surface area contributed by atoms with E-state index in [1.54, 1.807) is 0 Å². The zero-order valence-corrected chi connectivity index (χ0v) is 11.4. The summed E-state index contributed by atoms with van der Waals surface area (Å²) in [6, 6.07) is 9.85. The molecule has 1 fully saturated rings. The van der Waals surface area contributed by atoms with E-state index in [4.69, 9.17) is 0 Å². The van der Waals surface area contributed by atoms with E-state index in [1.807, 2.05) is 0 Å². The Morgan fingerprint density at radius 2 is 1.94 bits per heavy atom. The van der Waals surface area contributed by atoms with E-state index in [0.29, 0.717) is 5.41 Å². The van der Waals surface area contributed by atoms with Crippen LogP contribution in [0.25, 0.3) is 0 Å². The molecular weight excluding hydrogens is 206 g/mol. The SMILES string of the molecule is CCC(CC)(CNC1CC1)c1cccc(C)c1. The highest BCUT2D eigenvalue weighted by atomic mass is 15.0. The lowest BCUT2D eigenvalue weighted by molar-refractivity contribution is 0.367. The number of benzene rings is 1. The molecule has 1 nitrogen and oxygen atoms in total. The van der Waals surface area contributed by atoms with Crippen LogP contribution in [0.15, 0.2) is 24.3 Å². The first-order valence-corrected chi connectivity index (χ1v) is 7.00. The zero-order valence-electron chi connectivity index (χ0n) is 11.4. The average Bonchev–Trinajstić information content (AvgIpc) is 3.15. The van der Waals surface area contributed by atoms with Gasteiger partial charge in [-0.25, -0.2) is 0 Å². The molecule has 94 valence electrons. The monoisotopic (exact) mass is 231 g/mol. The molecule has 17 heavy (non-hydrogen) atoms. The summed E-state index contributed by atoms with van der Waals surface area (Å²) in [4.78, 5) is 0. The Morgan fingerprint density at radius 3 is 2.47 bits per heavy atom. The molecule has 0 radical (unpaired) electrons. The minimum Gasteiger partial charge on any atom is -0.313 e. The van der Waals surface area contributed by atoms with Crippen LogP contribution >= 0.6 is 0 Å². The highest BCUT2D eigenvalue weighted by Crippen LogP contribution is 2.32. The van der Waals surface area contributed by atoms with Crippen molar-refractivity contribution < 1.29 is 0 Å². The van der Waals surface area contributed by atoms with Gasteiger partial charge in [0.2, 0.25) is 0 Å². The Balaban J connectivity index is 2.18. The van der Waals surface area contributed by atoms with Crippen LogP contribution in [0, 0.1) is 6.92 Å². The molecule has 0 atom stereocenters. The van der Waals surface area contributed by atoms with Crippen molar-refractivity contribution >= 4 is 0 Å². The fourth-order valence-corrected chi connectivity index (χ4v) is 2.61. The van der Waals surface area contributed by atoms with Gasteiger partial charge in [0.25, 0.3) is 0 Å². The summed E-state index contributed by atoms with van der Waals surface area (Å²) < 4.78 is 0. The second kappa shape index (κ2) is 5.22. The van der Waals surface area contributed by atoms with Crippen LogP contribution in [0.3, 0.4) is 0 Å². The van der Waals surface area contributed by atoms with Crippen molar-refractivity contribution in [2.45, 2.75) is 57.9 Å². The molecule has 1 aliphatic rings. The van der Waals surface area contributed by atoms with E-state index in [0.717, 1.165) is 12.6 Å². The van der Waals surface area contributed by atoms with Crippen molar-refractivity contribution in [2.75, 3.05) is 6.54 Å². The van der Waals surface area contributed by atoms with Gasteiger partial charge in [0.1, 0.15) is 0 Å². The van der Waals surface area contributed by atoms with Gasteiger partial charge in [-0.05, 0) is 38.2 Å². The first kappa shape index (κ1) is 12.6. The molecule has 0 amide bonds. The molecule has 0 aromatic heterocycles. The fraction of sp³-hybridized carbons (Fsp3) is 0.625. The van der Waals surface area contributed by atoms with Crippen LogP contribution < -0.4 is 5.32 Å². The minimum absolute atomic E-state index is 0.328. The number of rotatable bonds is 6. The maximum atomic E-state index is 3.72. The highest BCUT2D eigenvalue weighted by molar-refractivity contribution is 5.30. The Bertz CT molecular complexity index is 362. The van der Waals surface area contributed by atoms with Crippen LogP contribution in [-0.4, -0.2) is 12.6 Å². The summed E-state index contributed by atoms with van der Waals surface area (Å²) in [5.41, 5.74) is 3.21. The number of hydrogen-bond acceptors (Lipinski definition) is 1. The third-order valence-corrected chi connectivity index (χ3v) is 4.29. The van der Waals surface area contributed by atoms with Gasteiger partial charge >= 0.3 is 0 Å². The lowest BCUT2D eigenvalue weighted by Gasteiger charge is -2.33. The number of hydrogen-bond donors (Lipinski definition) is 1. The molecule has 0 saturated heterocycles. The third-order valence-electron chi connectivity index (χ3n) is 4.29. The van der Waals surface area contributed by atoms with Crippen LogP contribution in [0.1, 0.15) is 50.7 Å². The summed E-state index contributed by atoms with van der Waals surface area (Å²) in [6.45, 7) is 7.96. The molecule has 1 N–H and O–H groups in total. The second-order valence-corrected chi connectivity index (χ2v) is 5.51. The summed E-state index contributed by atoms with van der Waals surface area (Å²) in [6.07, 6.45) is 5.17. The quantitative estimate of drug-likeness (QED) is 0.785. The molecule has 0 aliphatic heterocycles. The van der Waals surface area contributed by atoms with Crippen molar-refractivity contribution in [2.24, 2.45) is 0 Å². The Morgan fingerprint density at radius 1 is 1.24 bits per heavy atom. The van der Waals surface area contributed by atoms with Gasteiger partial charge in [-0.3, -0.25) is 0 Å². The summed E-state index contributed by atoms with van der Waals surface area (Å²) in [5, 5.41) is 3.72. The minimum atomic E-state index is 0.328. The van der Waals surface area contributed by atoms with Gasteiger partial charge in [0, 0.05) is 18.0 Å². The van der Waals surface area contributed by atoms with Crippen molar-refractivity contribution in [3.8, 4) is 0 Å². The Hall–Kier alpha value is -0.820. The standard InChI is InChI=1S/C16H25N/c1-4-16(5-2,12-17-15-9-10-15)14-8-6-7-13(3)11-14/h6-8,11,15,17H,4-5,9-10,12H2,1-3H3. The van der Waals surface area contributed by atoms with E-state index < -0.39 is 0 Å².